The first-order chi connectivity index (χ1) is 41.4. The Balaban J connectivity index is 0.942. The van der Waals surface area contributed by atoms with Gasteiger partial charge in [0.25, 0.3) is 11.8 Å². The Kier molecular flexibility index (Phi) is 17.6. The third kappa shape index (κ3) is 11.5. The maximum atomic E-state index is 15.7. The van der Waals surface area contributed by atoms with Gasteiger partial charge in [-0.25, -0.2) is 9.59 Å². The number of cyclic esters (lactones) is 1. The van der Waals surface area contributed by atoms with Crippen molar-refractivity contribution in [3.8, 4) is 11.8 Å². The molecule has 4 saturated carbocycles. The predicted octanol–water partition coefficient (Wildman–Crippen LogP) is 10.6. The number of carbonyl (C=O) groups is 4. The Hall–Kier alpha value is -4.82. The van der Waals surface area contributed by atoms with E-state index in [0.29, 0.717) is 86.1 Å². The number of aliphatic hydroxyl groups excluding tert-OH is 3. The highest BCUT2D eigenvalue weighted by Crippen LogP contribution is 2.72. The van der Waals surface area contributed by atoms with Gasteiger partial charge in [-0.15, -0.1) is 5.92 Å². The van der Waals surface area contributed by atoms with Crippen LogP contribution in [0, 0.1) is 87.8 Å². The molecule has 9 bridgehead atoms. The number of rotatable bonds is 13. The number of hydrogen-bond acceptors (Lipinski definition) is 14. The van der Waals surface area contributed by atoms with Gasteiger partial charge < -0.3 is 40.7 Å². The van der Waals surface area contributed by atoms with Crippen LogP contribution in [-0.4, -0.2) is 93.7 Å². The number of ether oxygens (including phenoxy) is 2. The number of dihydropyridines is 1. The lowest BCUT2D eigenvalue weighted by atomic mass is 9.43. The number of esters is 2. The van der Waals surface area contributed by atoms with Crippen molar-refractivity contribution in [2.45, 2.75) is 166 Å². The van der Waals surface area contributed by atoms with Crippen molar-refractivity contribution in [3.63, 3.8) is 0 Å². The van der Waals surface area contributed by atoms with Gasteiger partial charge in [-0.05, 0) is 184 Å². The molecule has 5 heterocycles. The van der Waals surface area contributed by atoms with Crippen LogP contribution >= 0.6 is 21.6 Å². The molecule has 0 unspecified atom stereocenters. The third-order valence-electron chi connectivity index (χ3n) is 22.9. The van der Waals surface area contributed by atoms with E-state index in [-0.39, 0.29) is 95.0 Å². The van der Waals surface area contributed by atoms with Gasteiger partial charge in [-0.2, -0.15) is 0 Å². The average Bonchev–Trinajstić information content (AvgIpc) is 1.67. The molecule has 5 aliphatic heterocycles. The number of aliphatic hydroxyl groups is 3. The lowest BCUT2D eigenvalue weighted by molar-refractivity contribution is -0.138. The number of benzene rings is 1. The molecule has 14 rings (SSSR count). The number of fused-ring (bicyclic) bond motifs is 4. The van der Waals surface area contributed by atoms with Gasteiger partial charge >= 0.3 is 11.9 Å². The summed E-state index contributed by atoms with van der Waals surface area (Å²) >= 11 is 0. The third-order valence-corrected chi connectivity index (χ3v) is 25.4. The second-order valence-corrected chi connectivity index (χ2v) is 29.9. The molecule has 6 N–H and O–H groups in total. The molecule has 13 aliphatic rings. The highest BCUT2D eigenvalue weighted by molar-refractivity contribution is 8.76. The summed E-state index contributed by atoms with van der Waals surface area (Å²) < 4.78 is 13.5. The van der Waals surface area contributed by atoms with Crippen LogP contribution in [-0.2, 0) is 35.1 Å². The monoisotopic (exact) mass is 1190 g/mol. The molecule has 5 fully saturated rings. The Morgan fingerprint density at radius 2 is 1.67 bits per heavy atom. The lowest BCUT2D eigenvalue weighted by Gasteiger charge is -2.57. The molecule has 15 heteroatoms. The van der Waals surface area contributed by atoms with Crippen LogP contribution in [0.1, 0.15) is 147 Å². The topological polar surface area (TPSA) is 187 Å². The summed E-state index contributed by atoms with van der Waals surface area (Å²) in [7, 11) is 3.55. The molecular weight excluding hydrogens is 1100 g/mol. The Morgan fingerprint density at radius 1 is 0.859 bits per heavy atom. The van der Waals surface area contributed by atoms with E-state index in [2.05, 4.69) is 71.2 Å². The number of allylic oxidation sites excluding steroid dienone is 5. The van der Waals surface area contributed by atoms with Crippen LogP contribution in [0.4, 0.5) is 0 Å². The fourth-order valence-corrected chi connectivity index (χ4v) is 21.2. The van der Waals surface area contributed by atoms with Crippen molar-refractivity contribution in [3.05, 3.63) is 118 Å². The average molecular weight is 1190 g/mol. The van der Waals surface area contributed by atoms with Crippen LogP contribution in [0.5, 0.6) is 0 Å². The number of imide groups is 1. The second kappa shape index (κ2) is 25.3. The molecular formula is C70H88N4O9S2. The summed E-state index contributed by atoms with van der Waals surface area (Å²) in [5, 5.41) is 46.0. The quantitative estimate of drug-likeness (QED) is 0.0474. The number of nitrogens with zero attached hydrogens (tertiary/aromatic N) is 1. The summed E-state index contributed by atoms with van der Waals surface area (Å²) in [6.45, 7) is 3.33. The highest BCUT2D eigenvalue weighted by atomic mass is 33.1. The fraction of sp³-hybridized carbons (Fsp3) is 0.629. The van der Waals surface area contributed by atoms with Crippen molar-refractivity contribution in [2.75, 3.05) is 32.1 Å². The molecule has 1 aromatic rings. The van der Waals surface area contributed by atoms with Crippen LogP contribution < -0.4 is 16.0 Å². The molecule has 1 spiro atoms. The number of nitrogens with one attached hydrogen (secondary N) is 3. The molecule has 2 amide bonds. The minimum absolute atomic E-state index is 0.0173. The first-order valence-corrected chi connectivity index (χ1v) is 35.1. The summed E-state index contributed by atoms with van der Waals surface area (Å²) in [4.78, 5) is 59.4. The zero-order valence-electron chi connectivity index (χ0n) is 49.6. The van der Waals surface area contributed by atoms with E-state index >= 15 is 9.59 Å². The Labute approximate surface area is 510 Å². The molecule has 0 aromatic heterocycles. The first kappa shape index (κ1) is 59.2. The molecule has 1 aromatic carbocycles. The van der Waals surface area contributed by atoms with E-state index in [1.54, 1.807) is 21.6 Å². The second-order valence-electron chi connectivity index (χ2n) is 27.4. The minimum atomic E-state index is -1.01. The highest BCUT2D eigenvalue weighted by Gasteiger charge is 2.69. The normalized spacial score (nSPS) is 36.4. The van der Waals surface area contributed by atoms with Gasteiger partial charge in [0.05, 0.1) is 40.3 Å². The maximum absolute atomic E-state index is 15.7. The summed E-state index contributed by atoms with van der Waals surface area (Å²) in [5.41, 5.74) is 4.19. The van der Waals surface area contributed by atoms with E-state index in [0.717, 1.165) is 124 Å². The molecule has 13 nitrogen and oxygen atoms in total. The van der Waals surface area contributed by atoms with Gasteiger partial charge in [0, 0.05) is 73.7 Å². The van der Waals surface area contributed by atoms with Crippen LogP contribution in [0.2, 0.25) is 0 Å². The lowest BCUT2D eigenvalue weighted by Crippen LogP contribution is -2.54. The van der Waals surface area contributed by atoms with Gasteiger partial charge in [0.1, 0.15) is 11.5 Å². The zero-order chi connectivity index (χ0) is 58.4. The smallest absolute Gasteiger partial charge is 0.340 e. The van der Waals surface area contributed by atoms with E-state index in [9.17, 15) is 24.9 Å². The number of hydrogen-bond donors (Lipinski definition) is 6. The summed E-state index contributed by atoms with van der Waals surface area (Å²) in [5.74, 6) is 8.23. The fourth-order valence-electron chi connectivity index (χ4n) is 18.7. The predicted molar refractivity (Wildman–Crippen MR) is 330 cm³/mol. The largest absolute Gasteiger partial charge is 0.427 e. The molecule has 1 saturated heterocycles. The number of amides is 2. The van der Waals surface area contributed by atoms with E-state index in [1.165, 1.54) is 23.5 Å². The van der Waals surface area contributed by atoms with Crippen molar-refractivity contribution in [1.82, 2.24) is 20.9 Å². The van der Waals surface area contributed by atoms with E-state index in [4.69, 9.17) is 9.47 Å². The van der Waals surface area contributed by atoms with Gasteiger partial charge in [-0.3, -0.25) is 14.5 Å². The van der Waals surface area contributed by atoms with Gasteiger partial charge in [0.2, 0.25) is 0 Å². The van der Waals surface area contributed by atoms with E-state index in [1.807, 2.05) is 18.2 Å². The standard InChI is InChI=1S/C70H88N4O9S2/c1-2-69(28-9-10-29-69)37-57-53-21-20-51-50-26-30-70(64(51)63(53)67(80)82-57)58-23-22-52(49-19-18-43-32-44(40-75)34-48(17-11-16-46(49)33-43)55(76)35-42-12-5-3-6-13-42)66(72-38-56(77)45-14-7-4-8-15-45)85-84-41-73-59-36-47(27-31-71-59)54(62(50)65(70)68(81)83-58)39-74-60(78)24-25-61(74)79/h3,5-6,12-13,23-25,27,36-37,43-46,48-52,54-56,64,66,71-73,75-77H,2,4,7-10,14-16,18-22,26,28-35,38-41H2,1H3/b57-37-,58-23-/t43-,44+,46+,48-,49+,50-,51-,52-,54-,55+,56-,64+,66+,70-/m0/s1. The summed E-state index contributed by atoms with van der Waals surface area (Å²) in [6.07, 6.45) is 30.2. The zero-order valence-corrected chi connectivity index (χ0v) is 51.2. The molecule has 0 radical (unpaired) electrons. The summed E-state index contributed by atoms with van der Waals surface area (Å²) in [6, 6.07) is 10.1. The minimum Gasteiger partial charge on any atom is -0.427 e. The van der Waals surface area contributed by atoms with Crippen LogP contribution in [0.3, 0.4) is 0 Å². The molecule has 85 heavy (non-hydrogen) atoms. The molecule has 8 aliphatic carbocycles. The molecule has 454 valence electrons. The SMILES string of the molecule is CCC1(/C=C2\OC(=O)C3=C2CC[C@H]2[C@@H]4CC[C@@]5(C6=C4[C@@H](CN4C(=O)C=CC4=O)C4=CCNC(=C4)NCSS[C@@H](NC[C@H](O)C4CCCCC4)[C@H]([C@@H]4CC[C@H]7C[C@@H](CO)C[C@@H]([C@H](O)Cc8ccccc8)C#CC[C@@H]4C7)C/C=C/5OC6=O)[C@@H]32)CCCC1. The number of carbonyl (C=O) groups excluding carboxylic acids is 4. The van der Waals surface area contributed by atoms with Crippen molar-refractivity contribution >= 4 is 45.3 Å². The maximum Gasteiger partial charge on any atom is 0.340 e. The van der Waals surface area contributed by atoms with Gasteiger partial charge in [0.15, 0.2) is 0 Å². The van der Waals surface area contributed by atoms with Crippen molar-refractivity contribution in [1.29, 1.82) is 0 Å². The van der Waals surface area contributed by atoms with Crippen LogP contribution in [0.15, 0.2) is 112 Å². The van der Waals surface area contributed by atoms with Crippen LogP contribution in [0.25, 0.3) is 0 Å². The van der Waals surface area contributed by atoms with E-state index < -0.39 is 29.5 Å². The first-order valence-electron chi connectivity index (χ1n) is 32.7. The van der Waals surface area contributed by atoms with Gasteiger partial charge in [-0.1, -0.05) is 109 Å². The molecule has 14 atom stereocenters. The Morgan fingerprint density at radius 3 is 2.46 bits per heavy atom. The van der Waals surface area contributed by atoms with Crippen molar-refractivity contribution in [2.24, 2.45) is 75.9 Å². The Bertz CT molecular complexity index is 3030. The van der Waals surface area contributed by atoms with Crippen molar-refractivity contribution < 1.29 is 44.0 Å².